The lowest BCUT2D eigenvalue weighted by Crippen LogP contribution is -2.23. The lowest BCUT2D eigenvalue weighted by Gasteiger charge is -2.16. The lowest BCUT2D eigenvalue weighted by atomic mass is 10.0. The third kappa shape index (κ3) is 6.01. The van der Waals surface area contributed by atoms with Crippen molar-refractivity contribution in [3.05, 3.63) is 70.4 Å². The van der Waals surface area contributed by atoms with Gasteiger partial charge in [-0.25, -0.2) is 0 Å². The number of benzene rings is 2. The van der Waals surface area contributed by atoms with Crippen molar-refractivity contribution >= 4 is 23.4 Å². The fourth-order valence-electron chi connectivity index (χ4n) is 3.97. The Morgan fingerprint density at radius 2 is 2.22 bits per heavy atom. The van der Waals surface area contributed by atoms with Gasteiger partial charge in [0, 0.05) is 36.6 Å². The van der Waals surface area contributed by atoms with E-state index in [-0.39, 0.29) is 6.10 Å². The molecule has 0 saturated heterocycles. The Morgan fingerprint density at radius 1 is 1.38 bits per heavy atom. The number of ether oxygens (including phenoxy) is 2. The van der Waals surface area contributed by atoms with E-state index < -0.39 is 0 Å². The van der Waals surface area contributed by atoms with Crippen molar-refractivity contribution in [2.75, 3.05) is 20.3 Å². The molecule has 1 atom stereocenters. The summed E-state index contributed by atoms with van der Waals surface area (Å²) in [5.41, 5.74) is 5.59. The molecule has 0 amide bonds. The minimum absolute atomic E-state index is 0.0310. The van der Waals surface area contributed by atoms with Crippen LogP contribution in [0.25, 0.3) is 4.91 Å². The number of aliphatic imine (C=N–C) groups is 1. The molecule has 1 aliphatic rings. The number of hydrogen-bond donors (Lipinski definition) is 1. The van der Waals surface area contributed by atoms with Gasteiger partial charge in [0.15, 0.2) is 0 Å². The van der Waals surface area contributed by atoms with Crippen LogP contribution in [0.5, 0.6) is 5.75 Å². The molecule has 1 N–H and O–H groups in total. The van der Waals surface area contributed by atoms with Crippen LogP contribution in [-0.2, 0) is 16.9 Å². The predicted molar refractivity (Wildman–Crippen MR) is 133 cm³/mol. The second kappa shape index (κ2) is 11.9. The normalized spacial score (nSPS) is 15.5. The third-order valence-electron chi connectivity index (χ3n) is 5.36. The van der Waals surface area contributed by atoms with Crippen LogP contribution in [0, 0.1) is 11.3 Å². The summed E-state index contributed by atoms with van der Waals surface area (Å²) in [4.78, 5) is 5.17. The molecular formula is C26H31N3O2S. The Bertz CT molecular complexity index is 1010. The van der Waals surface area contributed by atoms with E-state index >= 15 is 0 Å². The highest BCUT2D eigenvalue weighted by molar-refractivity contribution is 8.07. The Morgan fingerprint density at radius 3 is 2.94 bits per heavy atom. The minimum atomic E-state index is 0.0310. The summed E-state index contributed by atoms with van der Waals surface area (Å²) >= 11 is 1.72. The Kier molecular flexibility index (Phi) is 8.92. The summed E-state index contributed by atoms with van der Waals surface area (Å²) in [7, 11) is 1.73. The van der Waals surface area contributed by atoms with Crippen LogP contribution in [0.4, 0.5) is 0 Å². The Labute approximate surface area is 195 Å². The van der Waals surface area contributed by atoms with Crippen molar-refractivity contribution in [1.82, 2.24) is 5.32 Å². The van der Waals surface area contributed by atoms with Gasteiger partial charge in [0.2, 0.25) is 0 Å². The zero-order chi connectivity index (χ0) is 22.9. The van der Waals surface area contributed by atoms with E-state index in [0.717, 1.165) is 35.6 Å². The summed E-state index contributed by atoms with van der Waals surface area (Å²) in [6.07, 6.45) is 3.99. The highest BCUT2D eigenvalue weighted by Gasteiger charge is 2.25. The molecule has 0 aromatic heterocycles. The van der Waals surface area contributed by atoms with Gasteiger partial charge in [-0.1, -0.05) is 24.3 Å². The van der Waals surface area contributed by atoms with Crippen LogP contribution in [0.3, 0.4) is 0 Å². The van der Waals surface area contributed by atoms with E-state index in [1.807, 2.05) is 38.2 Å². The maximum absolute atomic E-state index is 9.52. The number of nitrogens with one attached hydrogen (secondary N) is 1. The highest BCUT2D eigenvalue weighted by atomic mass is 32.2. The van der Waals surface area contributed by atoms with Crippen molar-refractivity contribution in [3.8, 4) is 11.8 Å². The molecule has 5 nitrogen and oxygen atoms in total. The Hall–Kier alpha value is -2.59. The van der Waals surface area contributed by atoms with Gasteiger partial charge >= 0.3 is 0 Å². The van der Waals surface area contributed by atoms with Crippen LogP contribution >= 0.6 is 11.8 Å². The standard InChI is InChI=1S/C26H31N3O2S/c1-18(2)31-25-11-8-19(14-20(25)15-27)17-32-26(16-28-3)23-7-5-6-22-21(23)9-10-24(22)29-12-13-30-4/h5-8,11,14,16,18,24,29H,3,9-10,12-13,17H2,1-2,4H3/b26-16-. The topological polar surface area (TPSA) is 66.6 Å². The molecule has 3 rings (SSSR count). The molecule has 0 spiro atoms. The molecule has 0 heterocycles. The molecule has 1 aliphatic carbocycles. The molecule has 0 bridgehead atoms. The van der Waals surface area contributed by atoms with Gasteiger partial charge in [-0.05, 0) is 67.8 Å². The molecule has 32 heavy (non-hydrogen) atoms. The maximum Gasteiger partial charge on any atom is 0.137 e. The average molecular weight is 450 g/mol. The Balaban J connectivity index is 1.77. The van der Waals surface area contributed by atoms with E-state index in [0.29, 0.717) is 24.0 Å². The average Bonchev–Trinajstić information content (AvgIpc) is 3.20. The summed E-state index contributed by atoms with van der Waals surface area (Å²) in [6.45, 7) is 9.15. The van der Waals surface area contributed by atoms with Crippen LogP contribution in [0.1, 0.15) is 54.1 Å². The van der Waals surface area contributed by atoms with E-state index in [9.17, 15) is 5.26 Å². The largest absolute Gasteiger partial charge is 0.490 e. The van der Waals surface area contributed by atoms with Gasteiger partial charge < -0.3 is 14.8 Å². The maximum atomic E-state index is 9.52. The molecular weight excluding hydrogens is 418 g/mol. The van der Waals surface area contributed by atoms with Crippen molar-refractivity contribution in [3.63, 3.8) is 0 Å². The minimum Gasteiger partial charge on any atom is -0.490 e. The van der Waals surface area contributed by atoms with Crippen molar-refractivity contribution < 1.29 is 9.47 Å². The number of nitriles is 1. The number of hydrogen-bond acceptors (Lipinski definition) is 6. The number of rotatable bonds is 11. The summed E-state index contributed by atoms with van der Waals surface area (Å²) < 4.78 is 10.9. The first-order chi connectivity index (χ1) is 15.6. The lowest BCUT2D eigenvalue weighted by molar-refractivity contribution is 0.195. The zero-order valence-electron chi connectivity index (χ0n) is 19.1. The molecule has 2 aromatic carbocycles. The summed E-state index contributed by atoms with van der Waals surface area (Å²) in [5.74, 6) is 1.37. The summed E-state index contributed by atoms with van der Waals surface area (Å²) in [5, 5.41) is 13.1. The number of methoxy groups -OCH3 is 1. The number of thioether (sulfide) groups is 1. The molecule has 0 fully saturated rings. The van der Waals surface area contributed by atoms with Crippen LogP contribution in [-0.4, -0.2) is 33.1 Å². The van der Waals surface area contributed by atoms with Gasteiger partial charge in [-0.15, -0.1) is 11.8 Å². The quantitative estimate of drug-likeness (QED) is 0.362. The molecule has 168 valence electrons. The smallest absolute Gasteiger partial charge is 0.137 e. The number of nitrogens with zero attached hydrogens (tertiary/aromatic N) is 2. The zero-order valence-corrected chi connectivity index (χ0v) is 19.9. The summed E-state index contributed by atoms with van der Waals surface area (Å²) in [6, 6.07) is 14.9. The first-order valence-electron chi connectivity index (χ1n) is 10.9. The monoisotopic (exact) mass is 449 g/mol. The molecule has 1 unspecified atom stereocenters. The van der Waals surface area contributed by atoms with Gasteiger partial charge in [0.25, 0.3) is 0 Å². The van der Waals surface area contributed by atoms with Crippen molar-refractivity contribution in [2.24, 2.45) is 4.99 Å². The van der Waals surface area contributed by atoms with Gasteiger partial charge in [-0.2, -0.15) is 5.26 Å². The van der Waals surface area contributed by atoms with E-state index in [2.05, 4.69) is 41.3 Å². The second-order valence-electron chi connectivity index (χ2n) is 7.99. The van der Waals surface area contributed by atoms with Crippen molar-refractivity contribution in [2.45, 2.75) is 44.6 Å². The van der Waals surface area contributed by atoms with Crippen LogP contribution < -0.4 is 10.1 Å². The number of fused-ring (bicyclic) bond motifs is 1. The first kappa shape index (κ1) is 24.1. The molecule has 0 aliphatic heterocycles. The van der Waals surface area contributed by atoms with Crippen LogP contribution in [0.2, 0.25) is 0 Å². The fraction of sp³-hybridized carbons (Fsp3) is 0.385. The highest BCUT2D eigenvalue weighted by Crippen LogP contribution is 2.40. The molecule has 0 radical (unpaired) electrons. The third-order valence-corrected chi connectivity index (χ3v) is 6.48. The van der Waals surface area contributed by atoms with E-state index in [1.165, 1.54) is 16.7 Å². The van der Waals surface area contributed by atoms with E-state index in [1.54, 1.807) is 18.9 Å². The van der Waals surface area contributed by atoms with Gasteiger partial charge in [0.05, 0.1) is 18.3 Å². The SMILES string of the molecule is C=N/C=C(\SCc1ccc(OC(C)C)c(C#N)c1)c1cccc2c1CCC2NCCOC. The van der Waals surface area contributed by atoms with Crippen molar-refractivity contribution in [1.29, 1.82) is 5.26 Å². The fourth-order valence-corrected chi connectivity index (χ4v) is 4.97. The van der Waals surface area contributed by atoms with Gasteiger partial charge in [0.1, 0.15) is 11.8 Å². The second-order valence-corrected chi connectivity index (χ2v) is 9.00. The predicted octanol–water partition coefficient (Wildman–Crippen LogP) is 5.50. The molecule has 2 aromatic rings. The first-order valence-corrected chi connectivity index (χ1v) is 11.9. The molecule has 0 saturated carbocycles. The van der Waals surface area contributed by atoms with Crippen LogP contribution in [0.15, 0.2) is 47.6 Å². The molecule has 6 heteroatoms. The van der Waals surface area contributed by atoms with E-state index in [4.69, 9.17) is 9.47 Å². The van der Waals surface area contributed by atoms with Gasteiger partial charge in [-0.3, -0.25) is 4.99 Å².